The summed E-state index contributed by atoms with van der Waals surface area (Å²) in [5, 5.41) is 0. The second kappa shape index (κ2) is 5.29. The van der Waals surface area contributed by atoms with Gasteiger partial charge in [0.05, 0.1) is 12.8 Å². The molecule has 6 heteroatoms. The van der Waals surface area contributed by atoms with E-state index in [2.05, 4.69) is 9.47 Å². The SMILES string of the molecule is COC(=O)Oc1ccc(F)c(N)c1.Cl. The Morgan fingerprint density at radius 2 is 2.14 bits per heavy atom. The molecule has 0 amide bonds. The van der Waals surface area contributed by atoms with E-state index in [0.29, 0.717) is 0 Å². The second-order valence-electron chi connectivity index (χ2n) is 2.24. The van der Waals surface area contributed by atoms with Crippen molar-refractivity contribution in [2.45, 2.75) is 0 Å². The molecule has 0 aliphatic heterocycles. The smallest absolute Gasteiger partial charge is 0.437 e. The van der Waals surface area contributed by atoms with E-state index < -0.39 is 12.0 Å². The molecule has 4 nitrogen and oxygen atoms in total. The minimum atomic E-state index is -0.869. The van der Waals surface area contributed by atoms with Gasteiger partial charge in [0.15, 0.2) is 0 Å². The molecule has 14 heavy (non-hydrogen) atoms. The Bertz CT molecular complexity index is 332. The van der Waals surface area contributed by atoms with E-state index >= 15 is 0 Å². The van der Waals surface area contributed by atoms with Crippen molar-refractivity contribution in [3.63, 3.8) is 0 Å². The van der Waals surface area contributed by atoms with Gasteiger partial charge in [0.2, 0.25) is 0 Å². The first kappa shape index (κ1) is 12.5. The maximum absolute atomic E-state index is 12.6. The molecule has 0 aromatic heterocycles. The number of nitrogens with two attached hydrogens (primary N) is 1. The van der Waals surface area contributed by atoms with Gasteiger partial charge in [-0.05, 0) is 12.1 Å². The average molecular weight is 222 g/mol. The zero-order chi connectivity index (χ0) is 9.84. The van der Waals surface area contributed by atoms with Crippen LogP contribution in [0.25, 0.3) is 0 Å². The fraction of sp³-hybridized carbons (Fsp3) is 0.125. The van der Waals surface area contributed by atoms with E-state index in [9.17, 15) is 9.18 Å². The zero-order valence-electron chi connectivity index (χ0n) is 7.32. The lowest BCUT2D eigenvalue weighted by Gasteiger charge is -2.03. The molecule has 1 rings (SSSR count). The highest BCUT2D eigenvalue weighted by Gasteiger charge is 2.05. The van der Waals surface area contributed by atoms with Crippen LogP contribution in [-0.4, -0.2) is 13.3 Å². The first-order chi connectivity index (χ1) is 6.13. The van der Waals surface area contributed by atoms with Crippen LogP contribution >= 0.6 is 12.4 Å². The molecule has 1 aromatic carbocycles. The first-order valence-corrected chi connectivity index (χ1v) is 3.44. The molecule has 1 aromatic rings. The van der Waals surface area contributed by atoms with E-state index in [4.69, 9.17) is 5.73 Å². The quantitative estimate of drug-likeness (QED) is 0.448. The van der Waals surface area contributed by atoms with Crippen LogP contribution in [0.15, 0.2) is 18.2 Å². The third-order valence-electron chi connectivity index (χ3n) is 1.34. The van der Waals surface area contributed by atoms with Crippen LogP contribution in [0, 0.1) is 5.82 Å². The fourth-order valence-electron chi connectivity index (χ4n) is 0.723. The van der Waals surface area contributed by atoms with Crippen LogP contribution < -0.4 is 10.5 Å². The van der Waals surface area contributed by atoms with Gasteiger partial charge in [-0.1, -0.05) is 0 Å². The summed E-state index contributed by atoms with van der Waals surface area (Å²) in [6.07, 6.45) is -0.869. The summed E-state index contributed by atoms with van der Waals surface area (Å²) in [5.41, 5.74) is 5.15. The highest BCUT2D eigenvalue weighted by Crippen LogP contribution is 2.18. The molecular formula is C8H9ClFNO3. The largest absolute Gasteiger partial charge is 0.513 e. The Morgan fingerprint density at radius 3 is 2.64 bits per heavy atom. The Hall–Kier alpha value is -1.49. The van der Waals surface area contributed by atoms with Gasteiger partial charge in [0.1, 0.15) is 11.6 Å². The third kappa shape index (κ3) is 3.10. The van der Waals surface area contributed by atoms with Gasteiger partial charge in [-0.15, -0.1) is 12.4 Å². The molecule has 0 aliphatic rings. The summed E-state index contributed by atoms with van der Waals surface area (Å²) < 4.78 is 21.4. The third-order valence-corrected chi connectivity index (χ3v) is 1.34. The van der Waals surface area contributed by atoms with Crippen molar-refractivity contribution in [3.05, 3.63) is 24.0 Å². The number of ether oxygens (including phenoxy) is 2. The van der Waals surface area contributed by atoms with Crippen molar-refractivity contribution in [2.24, 2.45) is 0 Å². The van der Waals surface area contributed by atoms with Crippen molar-refractivity contribution in [1.82, 2.24) is 0 Å². The Morgan fingerprint density at radius 1 is 1.50 bits per heavy atom. The number of benzene rings is 1. The van der Waals surface area contributed by atoms with E-state index in [1.165, 1.54) is 19.2 Å². The van der Waals surface area contributed by atoms with Crippen LogP contribution in [0.1, 0.15) is 0 Å². The molecule has 0 radical (unpaired) electrons. The number of nitrogen functional groups attached to an aromatic ring is 1. The van der Waals surface area contributed by atoms with Gasteiger partial charge in [-0.25, -0.2) is 9.18 Å². The van der Waals surface area contributed by atoms with Crippen molar-refractivity contribution < 1.29 is 18.7 Å². The molecule has 0 atom stereocenters. The van der Waals surface area contributed by atoms with Crippen LogP contribution in [0.2, 0.25) is 0 Å². The van der Waals surface area contributed by atoms with Crippen LogP contribution in [0.3, 0.4) is 0 Å². The number of halogens is 2. The molecule has 0 unspecified atom stereocenters. The highest BCUT2D eigenvalue weighted by atomic mass is 35.5. The summed E-state index contributed by atoms with van der Waals surface area (Å²) in [6.45, 7) is 0. The number of carbonyl (C=O) groups is 1. The number of hydrogen-bond donors (Lipinski definition) is 1. The monoisotopic (exact) mass is 221 g/mol. The van der Waals surface area contributed by atoms with Crippen LogP contribution in [-0.2, 0) is 4.74 Å². The summed E-state index contributed by atoms with van der Waals surface area (Å²) in [6, 6.07) is 3.59. The lowest BCUT2D eigenvalue weighted by molar-refractivity contribution is 0.121. The van der Waals surface area contributed by atoms with Gasteiger partial charge < -0.3 is 15.2 Å². The number of carbonyl (C=O) groups excluding carboxylic acids is 1. The Kier molecular flexibility index (Phi) is 4.72. The molecule has 2 N–H and O–H groups in total. The lowest BCUT2D eigenvalue weighted by Crippen LogP contribution is -2.07. The van der Waals surface area contributed by atoms with Crippen molar-refractivity contribution >= 4 is 24.2 Å². The minimum absolute atomic E-state index is 0. The molecule has 0 bridgehead atoms. The van der Waals surface area contributed by atoms with Gasteiger partial charge in [0.25, 0.3) is 0 Å². The Labute approximate surface area is 86.2 Å². The molecule has 0 fully saturated rings. The Balaban J connectivity index is 0.00000169. The van der Waals surface area contributed by atoms with E-state index in [1.807, 2.05) is 0 Å². The van der Waals surface area contributed by atoms with E-state index in [1.54, 1.807) is 0 Å². The van der Waals surface area contributed by atoms with Crippen molar-refractivity contribution in [1.29, 1.82) is 0 Å². The van der Waals surface area contributed by atoms with Crippen molar-refractivity contribution in [2.75, 3.05) is 12.8 Å². The van der Waals surface area contributed by atoms with Gasteiger partial charge in [0, 0.05) is 6.07 Å². The van der Waals surface area contributed by atoms with Gasteiger partial charge >= 0.3 is 6.16 Å². The predicted octanol–water partition coefficient (Wildman–Crippen LogP) is 1.97. The zero-order valence-corrected chi connectivity index (χ0v) is 8.14. The summed E-state index contributed by atoms with van der Waals surface area (Å²) in [4.78, 5) is 10.6. The summed E-state index contributed by atoms with van der Waals surface area (Å²) in [5.74, 6) is -0.414. The molecule has 0 saturated heterocycles. The average Bonchev–Trinajstić information content (AvgIpc) is 2.11. The highest BCUT2D eigenvalue weighted by molar-refractivity contribution is 5.85. The van der Waals surface area contributed by atoms with E-state index in [-0.39, 0.29) is 23.8 Å². The summed E-state index contributed by atoms with van der Waals surface area (Å²) in [7, 11) is 1.18. The lowest BCUT2D eigenvalue weighted by atomic mass is 10.3. The molecule has 0 saturated carbocycles. The van der Waals surface area contributed by atoms with Gasteiger partial charge in [-0.3, -0.25) is 0 Å². The van der Waals surface area contributed by atoms with Crippen molar-refractivity contribution in [3.8, 4) is 5.75 Å². The maximum atomic E-state index is 12.6. The standard InChI is InChI=1S/C8H8FNO3.ClH/c1-12-8(11)13-5-2-3-6(9)7(10)4-5;/h2-4H,10H2,1H3;1H. The second-order valence-corrected chi connectivity index (χ2v) is 2.24. The number of rotatable bonds is 1. The van der Waals surface area contributed by atoms with E-state index in [0.717, 1.165) is 6.07 Å². The topological polar surface area (TPSA) is 61.5 Å². The first-order valence-electron chi connectivity index (χ1n) is 3.44. The molecule has 0 heterocycles. The maximum Gasteiger partial charge on any atom is 0.513 e. The molecule has 0 spiro atoms. The summed E-state index contributed by atoms with van der Waals surface area (Å²) >= 11 is 0. The molecular weight excluding hydrogens is 213 g/mol. The minimum Gasteiger partial charge on any atom is -0.437 e. The van der Waals surface area contributed by atoms with Crippen LogP contribution in [0.4, 0.5) is 14.9 Å². The van der Waals surface area contributed by atoms with Gasteiger partial charge in [-0.2, -0.15) is 0 Å². The normalized spacial score (nSPS) is 8.71. The molecule has 78 valence electrons. The molecule has 0 aliphatic carbocycles. The fourth-order valence-corrected chi connectivity index (χ4v) is 0.723. The predicted molar refractivity (Wildman–Crippen MR) is 51.1 cm³/mol. The van der Waals surface area contributed by atoms with Crippen LogP contribution in [0.5, 0.6) is 5.75 Å². The number of methoxy groups -OCH3 is 1. The number of anilines is 1. The number of hydrogen-bond acceptors (Lipinski definition) is 4.